The van der Waals surface area contributed by atoms with E-state index in [1.807, 2.05) is 42.5 Å². The zero-order chi connectivity index (χ0) is 20.1. The van der Waals surface area contributed by atoms with E-state index >= 15 is 0 Å². The summed E-state index contributed by atoms with van der Waals surface area (Å²) in [5.74, 6) is 0.0377. The summed E-state index contributed by atoms with van der Waals surface area (Å²) in [5.41, 5.74) is 3.30. The second-order valence-electron chi connectivity index (χ2n) is 8.17. The molecule has 0 fully saturated rings. The van der Waals surface area contributed by atoms with Crippen molar-refractivity contribution in [3.63, 3.8) is 0 Å². The first-order valence-electron chi connectivity index (χ1n) is 9.23. The average Bonchev–Trinajstić information content (AvgIpc) is 2.66. The average molecular weight is 394 g/mol. The highest BCUT2D eigenvalue weighted by atomic mass is 32.2. The molecule has 1 aliphatic heterocycles. The maximum Gasteiger partial charge on any atom is 0.264 e. The third-order valence-corrected chi connectivity index (χ3v) is 6.93. The predicted molar refractivity (Wildman–Crippen MR) is 112 cm³/mol. The van der Waals surface area contributed by atoms with Gasteiger partial charge < -0.3 is 5.11 Å². The van der Waals surface area contributed by atoms with Gasteiger partial charge in [0.25, 0.3) is 10.0 Å². The zero-order valence-corrected chi connectivity index (χ0v) is 16.9. The summed E-state index contributed by atoms with van der Waals surface area (Å²) < 4.78 is 29.1. The fourth-order valence-electron chi connectivity index (χ4n) is 3.96. The van der Waals surface area contributed by atoms with Gasteiger partial charge in [-0.05, 0) is 46.9 Å². The quantitative estimate of drug-likeness (QED) is 0.638. The number of fused-ring (bicyclic) bond motifs is 3. The van der Waals surface area contributed by atoms with Gasteiger partial charge in [0.05, 0.1) is 16.6 Å². The van der Waals surface area contributed by atoms with Crippen LogP contribution < -0.4 is 4.31 Å². The zero-order valence-electron chi connectivity index (χ0n) is 16.1. The molecule has 1 unspecified atom stereocenters. The Bertz CT molecular complexity index is 1130. The highest BCUT2D eigenvalue weighted by molar-refractivity contribution is 7.92. The van der Waals surface area contributed by atoms with Crippen molar-refractivity contribution in [2.45, 2.75) is 31.7 Å². The van der Waals surface area contributed by atoms with Crippen LogP contribution in [-0.2, 0) is 10.0 Å². The summed E-state index contributed by atoms with van der Waals surface area (Å²) in [7, 11) is -3.85. The molecule has 3 aromatic carbocycles. The summed E-state index contributed by atoms with van der Waals surface area (Å²) in [5, 5.41) is 9.59. The highest BCUT2D eigenvalue weighted by Gasteiger charge is 2.44. The molecule has 0 aromatic heterocycles. The number of benzene rings is 3. The Balaban J connectivity index is 2.03. The van der Waals surface area contributed by atoms with Gasteiger partial charge in [0, 0.05) is 5.56 Å². The van der Waals surface area contributed by atoms with Gasteiger partial charge in [-0.1, -0.05) is 63.2 Å². The van der Waals surface area contributed by atoms with Crippen LogP contribution in [0.2, 0.25) is 0 Å². The van der Waals surface area contributed by atoms with Crippen molar-refractivity contribution in [1.82, 2.24) is 0 Å². The Morgan fingerprint density at radius 3 is 2.04 bits per heavy atom. The number of rotatable bonds is 2. The van der Waals surface area contributed by atoms with Gasteiger partial charge in [-0.2, -0.15) is 0 Å². The summed E-state index contributed by atoms with van der Waals surface area (Å²) in [6.45, 7) is 6.17. The van der Waals surface area contributed by atoms with Crippen molar-refractivity contribution in [1.29, 1.82) is 0 Å². The van der Waals surface area contributed by atoms with E-state index in [1.165, 1.54) is 24.3 Å². The molecule has 4 nitrogen and oxygen atoms in total. The van der Waals surface area contributed by atoms with Crippen LogP contribution in [0.25, 0.3) is 11.1 Å². The third-order valence-electron chi connectivity index (χ3n) is 5.14. The molecule has 3 aromatic rings. The van der Waals surface area contributed by atoms with E-state index in [9.17, 15) is 13.5 Å². The summed E-state index contributed by atoms with van der Waals surface area (Å²) >= 11 is 0. The van der Waals surface area contributed by atoms with Gasteiger partial charge in [0.2, 0.25) is 0 Å². The van der Waals surface area contributed by atoms with E-state index < -0.39 is 10.0 Å². The lowest BCUT2D eigenvalue weighted by Crippen LogP contribution is -2.43. The van der Waals surface area contributed by atoms with E-state index in [-0.39, 0.29) is 22.1 Å². The first kappa shape index (κ1) is 18.6. The molecule has 1 N–H and O–H groups in total. The van der Waals surface area contributed by atoms with Crippen LogP contribution in [-0.4, -0.2) is 13.5 Å². The first-order chi connectivity index (χ1) is 13.2. The largest absolute Gasteiger partial charge is 0.508 e. The molecule has 0 radical (unpaired) electrons. The normalized spacial score (nSPS) is 16.4. The molecule has 0 bridgehead atoms. The molecule has 28 heavy (non-hydrogen) atoms. The van der Waals surface area contributed by atoms with Crippen molar-refractivity contribution in [3.8, 4) is 16.9 Å². The Kier molecular flexibility index (Phi) is 4.23. The van der Waals surface area contributed by atoms with Gasteiger partial charge in [-0.25, -0.2) is 8.42 Å². The maximum atomic E-state index is 13.8. The molecule has 0 saturated carbocycles. The van der Waals surface area contributed by atoms with Gasteiger partial charge >= 0.3 is 0 Å². The molecule has 4 rings (SSSR count). The lowest BCUT2D eigenvalue weighted by Gasteiger charge is -2.45. The van der Waals surface area contributed by atoms with Crippen molar-refractivity contribution in [2.24, 2.45) is 5.41 Å². The minimum atomic E-state index is -3.85. The number of hydrogen-bond donors (Lipinski definition) is 1. The Labute approximate surface area is 166 Å². The Morgan fingerprint density at radius 1 is 0.821 bits per heavy atom. The maximum absolute atomic E-state index is 13.8. The van der Waals surface area contributed by atoms with Crippen molar-refractivity contribution < 1.29 is 13.5 Å². The molecule has 1 heterocycles. The van der Waals surface area contributed by atoms with Crippen LogP contribution in [0.3, 0.4) is 0 Å². The molecule has 0 saturated heterocycles. The number of anilines is 1. The van der Waals surface area contributed by atoms with Gasteiger partial charge in [-0.15, -0.1) is 0 Å². The van der Waals surface area contributed by atoms with Crippen molar-refractivity contribution in [2.75, 3.05) is 4.31 Å². The predicted octanol–water partition coefficient (Wildman–Crippen LogP) is 5.36. The topological polar surface area (TPSA) is 57.6 Å². The van der Waals surface area contributed by atoms with E-state index in [1.54, 1.807) is 4.31 Å². The Morgan fingerprint density at radius 2 is 1.39 bits per heavy atom. The number of hydrogen-bond acceptors (Lipinski definition) is 3. The molecule has 0 spiro atoms. The molecule has 144 valence electrons. The molecule has 1 aliphatic rings. The molecule has 1 atom stereocenters. The minimum Gasteiger partial charge on any atom is -0.508 e. The second kappa shape index (κ2) is 6.38. The second-order valence-corrected chi connectivity index (χ2v) is 9.98. The van der Waals surface area contributed by atoms with Crippen LogP contribution in [0.5, 0.6) is 5.75 Å². The smallest absolute Gasteiger partial charge is 0.264 e. The molecule has 5 heteroatoms. The number of phenolic OH excluding ortho intramolecular Hbond substituents is 1. The molecule has 0 amide bonds. The summed E-state index contributed by atoms with van der Waals surface area (Å²) in [6, 6.07) is 21.0. The number of para-hydroxylation sites is 1. The van der Waals surface area contributed by atoms with E-state index in [2.05, 4.69) is 26.8 Å². The van der Waals surface area contributed by atoms with Crippen molar-refractivity contribution >= 4 is 15.7 Å². The van der Waals surface area contributed by atoms with Crippen LogP contribution in [0.4, 0.5) is 5.69 Å². The summed E-state index contributed by atoms with van der Waals surface area (Å²) in [6.07, 6.45) is 0. The van der Waals surface area contributed by atoms with E-state index in [4.69, 9.17) is 0 Å². The van der Waals surface area contributed by atoms with Crippen LogP contribution >= 0.6 is 0 Å². The molecular weight excluding hydrogens is 370 g/mol. The fraction of sp³-hybridized carbons (Fsp3) is 0.217. The lowest BCUT2D eigenvalue weighted by molar-refractivity contribution is 0.327. The van der Waals surface area contributed by atoms with E-state index in [0.717, 1.165) is 16.7 Å². The van der Waals surface area contributed by atoms with E-state index in [0.29, 0.717) is 5.69 Å². The monoisotopic (exact) mass is 393 g/mol. The molecular formula is C23H23NO3S. The van der Waals surface area contributed by atoms with Gasteiger partial charge in [-0.3, -0.25) is 4.31 Å². The number of nitrogens with zero attached hydrogens (tertiary/aromatic N) is 1. The number of aromatic hydroxyl groups is 1. The number of sulfonamides is 1. The van der Waals surface area contributed by atoms with Crippen LogP contribution in [0.15, 0.2) is 77.7 Å². The summed E-state index contributed by atoms with van der Waals surface area (Å²) in [4.78, 5) is 0.161. The minimum absolute atomic E-state index is 0.0377. The fourth-order valence-corrected chi connectivity index (χ4v) is 5.79. The highest BCUT2D eigenvalue weighted by Crippen LogP contribution is 2.52. The number of phenols is 1. The Hall–Kier alpha value is -2.79. The lowest BCUT2D eigenvalue weighted by atomic mass is 9.77. The van der Waals surface area contributed by atoms with Crippen LogP contribution in [0.1, 0.15) is 32.4 Å². The third kappa shape index (κ3) is 2.87. The standard InChI is InChI=1S/C23H23NO3S/c1-23(2,3)22-20-10-5-4-8-18(20)19-9-6-7-11-21(19)24(22)28(26,27)17-14-12-16(25)13-15-17/h4-15,22,25H,1-3H3. The first-order valence-corrected chi connectivity index (χ1v) is 10.7. The van der Waals surface area contributed by atoms with Crippen LogP contribution in [0, 0.1) is 5.41 Å². The van der Waals surface area contributed by atoms with Gasteiger partial charge in [0.15, 0.2) is 0 Å². The SMILES string of the molecule is CC(C)(C)C1c2ccccc2-c2ccccc2N1S(=O)(=O)c1ccc(O)cc1. The molecule has 0 aliphatic carbocycles. The van der Waals surface area contributed by atoms with Gasteiger partial charge in [0.1, 0.15) is 5.75 Å². The van der Waals surface area contributed by atoms with Crippen molar-refractivity contribution in [3.05, 3.63) is 78.4 Å².